The lowest BCUT2D eigenvalue weighted by molar-refractivity contribution is -0.275. The Balaban J connectivity index is 2.99. The van der Waals surface area contributed by atoms with Crippen molar-refractivity contribution >= 4 is 31.9 Å². The first-order valence-corrected chi connectivity index (χ1v) is 5.30. The molecule has 0 aliphatic rings. The molecule has 0 spiro atoms. The highest BCUT2D eigenvalue weighted by Gasteiger charge is 2.32. The van der Waals surface area contributed by atoms with Crippen LogP contribution in [0.5, 0.6) is 5.75 Å². The molecule has 0 N–H and O–H groups in total. The predicted molar refractivity (Wildman–Crippen MR) is 51.3 cm³/mol. The van der Waals surface area contributed by atoms with Gasteiger partial charge in [0.25, 0.3) is 0 Å². The van der Waals surface area contributed by atoms with E-state index in [1.165, 1.54) is 12.3 Å². The SMILES string of the molecule is FC(F)(F)Oc1cc(Br)cnc1CBr. The van der Waals surface area contributed by atoms with E-state index >= 15 is 0 Å². The number of hydrogen-bond donors (Lipinski definition) is 0. The van der Waals surface area contributed by atoms with E-state index in [-0.39, 0.29) is 16.8 Å². The summed E-state index contributed by atoms with van der Waals surface area (Å²) in [6, 6.07) is 1.22. The summed E-state index contributed by atoms with van der Waals surface area (Å²) in [6.45, 7) is 0. The van der Waals surface area contributed by atoms with Crippen molar-refractivity contribution in [1.29, 1.82) is 0 Å². The van der Waals surface area contributed by atoms with Crippen molar-refractivity contribution in [1.82, 2.24) is 4.98 Å². The molecule has 0 saturated carbocycles. The Kier molecular flexibility index (Phi) is 3.77. The largest absolute Gasteiger partial charge is 0.573 e. The van der Waals surface area contributed by atoms with Crippen molar-refractivity contribution in [2.45, 2.75) is 11.7 Å². The minimum absolute atomic E-state index is 0.200. The van der Waals surface area contributed by atoms with Crippen LogP contribution >= 0.6 is 31.9 Å². The highest BCUT2D eigenvalue weighted by atomic mass is 79.9. The topological polar surface area (TPSA) is 22.1 Å². The van der Waals surface area contributed by atoms with E-state index in [0.717, 1.165) is 0 Å². The van der Waals surface area contributed by atoms with Crippen molar-refractivity contribution in [3.63, 3.8) is 0 Å². The van der Waals surface area contributed by atoms with E-state index < -0.39 is 6.36 Å². The molecule has 0 aliphatic heterocycles. The second kappa shape index (κ2) is 4.48. The first kappa shape index (κ1) is 11.8. The van der Waals surface area contributed by atoms with Gasteiger partial charge < -0.3 is 4.74 Å². The predicted octanol–water partition coefficient (Wildman–Crippen LogP) is 3.64. The van der Waals surface area contributed by atoms with Crippen LogP contribution in [-0.4, -0.2) is 11.3 Å². The average molecular weight is 335 g/mol. The minimum Gasteiger partial charge on any atom is -0.404 e. The zero-order valence-corrected chi connectivity index (χ0v) is 9.78. The molecule has 2 nitrogen and oxygen atoms in total. The fourth-order valence-corrected chi connectivity index (χ4v) is 1.49. The Hall–Kier alpha value is -0.300. The summed E-state index contributed by atoms with van der Waals surface area (Å²) in [6.07, 6.45) is -3.29. The molecule has 0 atom stereocenters. The molecular formula is C7H4Br2F3NO. The molecule has 0 fully saturated rings. The Labute approximate surface area is 94.7 Å². The van der Waals surface area contributed by atoms with Crippen LogP contribution in [0.15, 0.2) is 16.7 Å². The number of alkyl halides is 4. The molecule has 1 aromatic rings. The summed E-state index contributed by atoms with van der Waals surface area (Å²) in [5.74, 6) is -0.302. The molecule has 1 rings (SSSR count). The van der Waals surface area contributed by atoms with Gasteiger partial charge >= 0.3 is 6.36 Å². The second-order valence-electron chi connectivity index (χ2n) is 2.28. The molecule has 78 valence electrons. The van der Waals surface area contributed by atoms with Crippen LogP contribution in [0, 0.1) is 0 Å². The molecule has 0 radical (unpaired) electrons. The van der Waals surface area contributed by atoms with Gasteiger partial charge in [-0.3, -0.25) is 4.98 Å². The van der Waals surface area contributed by atoms with Gasteiger partial charge in [0, 0.05) is 16.0 Å². The zero-order valence-electron chi connectivity index (χ0n) is 6.61. The third-order valence-electron chi connectivity index (χ3n) is 1.25. The van der Waals surface area contributed by atoms with E-state index in [1.54, 1.807) is 0 Å². The van der Waals surface area contributed by atoms with Gasteiger partial charge in [0.1, 0.15) is 0 Å². The lowest BCUT2D eigenvalue weighted by atomic mass is 10.3. The number of ether oxygens (including phenoxy) is 1. The maximum absolute atomic E-state index is 11.9. The van der Waals surface area contributed by atoms with E-state index in [0.29, 0.717) is 4.47 Å². The molecule has 0 amide bonds. The molecule has 14 heavy (non-hydrogen) atoms. The Bertz CT molecular complexity index is 329. The van der Waals surface area contributed by atoms with E-state index in [4.69, 9.17) is 0 Å². The van der Waals surface area contributed by atoms with Crippen LogP contribution in [0.2, 0.25) is 0 Å². The summed E-state index contributed by atoms with van der Waals surface area (Å²) in [5.41, 5.74) is 0.200. The van der Waals surface area contributed by atoms with Crippen LogP contribution in [0.25, 0.3) is 0 Å². The molecule has 7 heteroatoms. The van der Waals surface area contributed by atoms with Gasteiger partial charge in [0.05, 0.1) is 5.69 Å². The maximum Gasteiger partial charge on any atom is 0.573 e. The first-order chi connectivity index (χ1) is 6.42. The van der Waals surface area contributed by atoms with Gasteiger partial charge in [0.15, 0.2) is 5.75 Å². The summed E-state index contributed by atoms with van der Waals surface area (Å²) in [4.78, 5) is 3.76. The van der Waals surface area contributed by atoms with Crippen molar-refractivity contribution in [2.24, 2.45) is 0 Å². The second-order valence-corrected chi connectivity index (χ2v) is 3.76. The quantitative estimate of drug-likeness (QED) is 0.770. The number of aromatic nitrogens is 1. The van der Waals surface area contributed by atoms with Gasteiger partial charge in [-0.25, -0.2) is 0 Å². The Morgan fingerprint density at radius 2 is 2.07 bits per heavy atom. The Morgan fingerprint density at radius 1 is 1.43 bits per heavy atom. The minimum atomic E-state index is -4.70. The van der Waals surface area contributed by atoms with Crippen molar-refractivity contribution in [2.75, 3.05) is 0 Å². The van der Waals surface area contributed by atoms with Crippen LogP contribution in [0.4, 0.5) is 13.2 Å². The van der Waals surface area contributed by atoms with Gasteiger partial charge in [-0.05, 0) is 22.0 Å². The van der Waals surface area contributed by atoms with Gasteiger partial charge in [-0.2, -0.15) is 0 Å². The van der Waals surface area contributed by atoms with Crippen LogP contribution < -0.4 is 4.74 Å². The smallest absolute Gasteiger partial charge is 0.404 e. The maximum atomic E-state index is 11.9. The van der Waals surface area contributed by atoms with Crippen LogP contribution in [0.1, 0.15) is 5.69 Å². The lowest BCUT2D eigenvalue weighted by Gasteiger charge is -2.11. The van der Waals surface area contributed by atoms with E-state index in [1.807, 2.05) is 0 Å². The number of rotatable bonds is 2. The highest BCUT2D eigenvalue weighted by Crippen LogP contribution is 2.28. The van der Waals surface area contributed by atoms with Gasteiger partial charge in [0.2, 0.25) is 0 Å². The number of hydrogen-bond acceptors (Lipinski definition) is 2. The van der Waals surface area contributed by atoms with Crippen LogP contribution in [0.3, 0.4) is 0 Å². The number of halogens is 5. The van der Waals surface area contributed by atoms with Gasteiger partial charge in [-0.1, -0.05) is 15.9 Å². The monoisotopic (exact) mass is 333 g/mol. The van der Waals surface area contributed by atoms with E-state index in [9.17, 15) is 13.2 Å². The standard InChI is InChI=1S/C7H4Br2F3NO/c8-2-5-6(14-7(10,11)12)1-4(9)3-13-5/h1,3H,2H2. The lowest BCUT2D eigenvalue weighted by Crippen LogP contribution is -2.18. The fourth-order valence-electron chi connectivity index (χ4n) is 0.762. The summed E-state index contributed by atoms with van der Waals surface area (Å²) in [5, 5.41) is 0.200. The third kappa shape index (κ3) is 3.45. The van der Waals surface area contributed by atoms with Crippen molar-refractivity contribution in [3.05, 3.63) is 22.4 Å². The number of nitrogens with zero attached hydrogens (tertiary/aromatic N) is 1. The molecule has 0 aromatic carbocycles. The van der Waals surface area contributed by atoms with E-state index in [2.05, 4.69) is 41.6 Å². The van der Waals surface area contributed by atoms with Gasteiger partial charge in [-0.15, -0.1) is 13.2 Å². The average Bonchev–Trinajstić information content (AvgIpc) is 2.01. The molecule has 1 aromatic heterocycles. The Morgan fingerprint density at radius 3 is 2.57 bits per heavy atom. The summed E-state index contributed by atoms with van der Waals surface area (Å²) < 4.78 is 39.9. The molecule has 0 aliphatic carbocycles. The molecule has 0 unspecified atom stereocenters. The molecular weight excluding hydrogens is 331 g/mol. The summed E-state index contributed by atoms with van der Waals surface area (Å²) >= 11 is 6.02. The molecule has 0 saturated heterocycles. The normalized spacial score (nSPS) is 11.5. The van der Waals surface area contributed by atoms with Crippen LogP contribution in [-0.2, 0) is 5.33 Å². The third-order valence-corrected chi connectivity index (χ3v) is 2.21. The van der Waals surface area contributed by atoms with Crippen molar-refractivity contribution < 1.29 is 17.9 Å². The summed E-state index contributed by atoms with van der Waals surface area (Å²) in [7, 11) is 0. The highest BCUT2D eigenvalue weighted by molar-refractivity contribution is 9.10. The number of pyridine rings is 1. The zero-order chi connectivity index (χ0) is 10.8. The first-order valence-electron chi connectivity index (χ1n) is 3.38. The van der Waals surface area contributed by atoms with Crippen molar-refractivity contribution in [3.8, 4) is 5.75 Å². The molecule has 1 heterocycles. The molecule has 0 bridgehead atoms. The fraction of sp³-hybridized carbons (Fsp3) is 0.286.